The molecule has 1 aromatic carbocycles. The number of nitrogens with one attached hydrogen (secondary N) is 1. The molecule has 0 bridgehead atoms. The van der Waals surface area contributed by atoms with Gasteiger partial charge < -0.3 is 14.3 Å². The van der Waals surface area contributed by atoms with Crippen LogP contribution in [-0.4, -0.2) is 20.8 Å². The van der Waals surface area contributed by atoms with Crippen LogP contribution in [0.4, 0.5) is 0 Å². The lowest BCUT2D eigenvalue weighted by Crippen LogP contribution is -2.37. The smallest absolute Gasteiger partial charge is 0.134 e. The van der Waals surface area contributed by atoms with Gasteiger partial charge in [-0.1, -0.05) is 11.6 Å². The van der Waals surface area contributed by atoms with Gasteiger partial charge in [0.05, 0.1) is 6.54 Å². The maximum atomic E-state index is 5.94. The van der Waals surface area contributed by atoms with E-state index < -0.39 is 0 Å². The van der Waals surface area contributed by atoms with Crippen molar-refractivity contribution >= 4 is 11.6 Å². The normalized spacial score (nSPS) is 17.0. The van der Waals surface area contributed by atoms with E-state index in [0.717, 1.165) is 59.7 Å². The molecule has 3 heterocycles. The Bertz CT molecular complexity index is 837. The standard InChI is InChI=1S/C18H19ClN4O/c1-12-21-22-18-9-6-15(11-23(12)18)20-10-16-7-8-17(24-16)13-2-4-14(19)5-3-13/h2-5,7-8,15,20H,6,9-11H2,1H3/t15-/m0/s1. The lowest BCUT2D eigenvalue weighted by molar-refractivity contribution is 0.360. The van der Waals surface area contributed by atoms with Crippen LogP contribution < -0.4 is 5.32 Å². The van der Waals surface area contributed by atoms with Gasteiger partial charge in [-0.2, -0.15) is 0 Å². The van der Waals surface area contributed by atoms with Gasteiger partial charge in [0.2, 0.25) is 0 Å². The number of aromatic nitrogens is 3. The molecule has 2 aromatic heterocycles. The van der Waals surface area contributed by atoms with Crippen LogP contribution in [-0.2, 0) is 19.5 Å². The third kappa shape index (κ3) is 3.09. The molecule has 1 aliphatic heterocycles. The molecule has 1 N–H and O–H groups in total. The first-order chi connectivity index (χ1) is 11.7. The Kier molecular flexibility index (Phi) is 4.12. The highest BCUT2D eigenvalue weighted by Gasteiger charge is 2.21. The summed E-state index contributed by atoms with van der Waals surface area (Å²) in [5, 5.41) is 12.7. The van der Waals surface area contributed by atoms with Crippen LogP contribution in [0.1, 0.15) is 23.8 Å². The van der Waals surface area contributed by atoms with E-state index in [1.54, 1.807) is 0 Å². The molecule has 0 spiro atoms. The summed E-state index contributed by atoms with van der Waals surface area (Å²) in [4.78, 5) is 0. The molecule has 24 heavy (non-hydrogen) atoms. The average Bonchev–Trinajstić information content (AvgIpc) is 3.21. The zero-order valence-electron chi connectivity index (χ0n) is 13.5. The van der Waals surface area contributed by atoms with Gasteiger partial charge in [-0.15, -0.1) is 10.2 Å². The third-order valence-electron chi connectivity index (χ3n) is 4.49. The van der Waals surface area contributed by atoms with E-state index in [2.05, 4.69) is 20.1 Å². The molecule has 0 saturated heterocycles. The van der Waals surface area contributed by atoms with E-state index >= 15 is 0 Å². The van der Waals surface area contributed by atoms with Crippen molar-refractivity contribution in [3.63, 3.8) is 0 Å². The molecule has 0 aliphatic carbocycles. The lowest BCUT2D eigenvalue weighted by Gasteiger charge is -2.24. The summed E-state index contributed by atoms with van der Waals surface area (Å²) in [6.45, 7) is 3.64. The number of nitrogens with zero attached hydrogens (tertiary/aromatic N) is 3. The maximum Gasteiger partial charge on any atom is 0.134 e. The fourth-order valence-corrected chi connectivity index (χ4v) is 3.24. The van der Waals surface area contributed by atoms with Crippen molar-refractivity contribution in [1.82, 2.24) is 20.1 Å². The molecular weight excluding hydrogens is 324 g/mol. The first-order valence-corrected chi connectivity index (χ1v) is 8.53. The summed E-state index contributed by atoms with van der Waals surface area (Å²) in [6.07, 6.45) is 2.04. The largest absolute Gasteiger partial charge is 0.460 e. The Labute approximate surface area is 145 Å². The number of furan rings is 1. The quantitative estimate of drug-likeness (QED) is 0.787. The first-order valence-electron chi connectivity index (χ1n) is 8.16. The lowest BCUT2D eigenvalue weighted by atomic mass is 10.1. The highest BCUT2D eigenvalue weighted by molar-refractivity contribution is 6.30. The van der Waals surface area contributed by atoms with Gasteiger partial charge in [0.15, 0.2) is 0 Å². The second-order valence-electron chi connectivity index (χ2n) is 6.16. The molecule has 124 valence electrons. The van der Waals surface area contributed by atoms with Crippen molar-refractivity contribution in [1.29, 1.82) is 0 Å². The number of halogens is 1. The second-order valence-corrected chi connectivity index (χ2v) is 6.60. The monoisotopic (exact) mass is 342 g/mol. The second kappa shape index (κ2) is 6.42. The van der Waals surface area contributed by atoms with Crippen molar-refractivity contribution in [2.75, 3.05) is 0 Å². The highest BCUT2D eigenvalue weighted by atomic mass is 35.5. The molecule has 0 unspecified atom stereocenters. The van der Waals surface area contributed by atoms with E-state index in [9.17, 15) is 0 Å². The Morgan fingerprint density at radius 3 is 2.88 bits per heavy atom. The number of fused-ring (bicyclic) bond motifs is 1. The molecule has 4 rings (SSSR count). The van der Waals surface area contributed by atoms with Crippen molar-refractivity contribution < 1.29 is 4.42 Å². The molecule has 3 aromatic rings. The maximum absolute atomic E-state index is 5.94. The summed E-state index contributed by atoms with van der Waals surface area (Å²) >= 11 is 5.93. The Balaban J connectivity index is 1.39. The van der Waals surface area contributed by atoms with Crippen LogP contribution in [0.5, 0.6) is 0 Å². The van der Waals surface area contributed by atoms with E-state index in [0.29, 0.717) is 6.04 Å². The fraction of sp³-hybridized carbons (Fsp3) is 0.333. The topological polar surface area (TPSA) is 55.9 Å². The van der Waals surface area contributed by atoms with Gasteiger partial charge in [0, 0.05) is 29.6 Å². The molecule has 0 saturated carbocycles. The molecule has 0 radical (unpaired) electrons. The molecule has 1 aliphatic rings. The van der Waals surface area contributed by atoms with Crippen molar-refractivity contribution in [3.05, 3.63) is 58.8 Å². The summed E-state index contributed by atoms with van der Waals surface area (Å²) < 4.78 is 8.14. The van der Waals surface area contributed by atoms with Crippen molar-refractivity contribution in [2.45, 2.75) is 38.9 Å². The van der Waals surface area contributed by atoms with Gasteiger partial charge in [-0.25, -0.2) is 0 Å². The summed E-state index contributed by atoms with van der Waals surface area (Å²) in [7, 11) is 0. The van der Waals surface area contributed by atoms with Crippen LogP contribution >= 0.6 is 11.6 Å². The number of hydrogen-bond donors (Lipinski definition) is 1. The van der Waals surface area contributed by atoms with E-state index in [-0.39, 0.29) is 0 Å². The zero-order chi connectivity index (χ0) is 16.5. The summed E-state index contributed by atoms with van der Waals surface area (Å²) in [5.41, 5.74) is 1.04. The zero-order valence-corrected chi connectivity index (χ0v) is 14.3. The minimum atomic E-state index is 0.413. The predicted molar refractivity (Wildman–Crippen MR) is 92.9 cm³/mol. The molecule has 6 heteroatoms. The number of benzene rings is 1. The number of hydrogen-bond acceptors (Lipinski definition) is 4. The van der Waals surface area contributed by atoms with Crippen LogP contribution in [0.15, 0.2) is 40.8 Å². The fourth-order valence-electron chi connectivity index (χ4n) is 3.12. The van der Waals surface area contributed by atoms with Gasteiger partial charge in [-0.3, -0.25) is 0 Å². The van der Waals surface area contributed by atoms with Crippen LogP contribution in [0.2, 0.25) is 5.02 Å². The predicted octanol–water partition coefficient (Wildman–Crippen LogP) is 3.60. The average molecular weight is 343 g/mol. The highest BCUT2D eigenvalue weighted by Crippen LogP contribution is 2.24. The van der Waals surface area contributed by atoms with E-state index in [1.807, 2.05) is 43.3 Å². The molecule has 0 amide bonds. The first kappa shape index (κ1) is 15.4. The third-order valence-corrected chi connectivity index (χ3v) is 4.74. The van der Waals surface area contributed by atoms with Crippen LogP contribution in [0.25, 0.3) is 11.3 Å². The van der Waals surface area contributed by atoms with Gasteiger partial charge in [-0.05, 0) is 49.7 Å². The molecule has 5 nitrogen and oxygen atoms in total. The van der Waals surface area contributed by atoms with Gasteiger partial charge in [0.1, 0.15) is 23.2 Å². The Morgan fingerprint density at radius 2 is 2.04 bits per heavy atom. The minimum Gasteiger partial charge on any atom is -0.460 e. The van der Waals surface area contributed by atoms with Crippen LogP contribution in [0, 0.1) is 6.92 Å². The number of aryl methyl sites for hydroxylation is 2. The van der Waals surface area contributed by atoms with Crippen molar-refractivity contribution in [2.24, 2.45) is 0 Å². The summed E-state index contributed by atoms with van der Waals surface area (Å²) in [5.74, 6) is 3.88. The Hall–Kier alpha value is -2.11. The molecular formula is C18H19ClN4O. The van der Waals surface area contributed by atoms with Crippen molar-refractivity contribution in [3.8, 4) is 11.3 Å². The van der Waals surface area contributed by atoms with Gasteiger partial charge >= 0.3 is 0 Å². The van der Waals surface area contributed by atoms with E-state index in [4.69, 9.17) is 16.0 Å². The number of rotatable bonds is 4. The van der Waals surface area contributed by atoms with E-state index in [1.165, 1.54) is 0 Å². The van der Waals surface area contributed by atoms with Crippen LogP contribution in [0.3, 0.4) is 0 Å². The summed E-state index contributed by atoms with van der Waals surface area (Å²) in [6, 6.07) is 12.1. The van der Waals surface area contributed by atoms with Gasteiger partial charge in [0.25, 0.3) is 0 Å². The molecule has 0 fully saturated rings. The molecule has 1 atom stereocenters. The Morgan fingerprint density at radius 1 is 1.21 bits per heavy atom. The SMILES string of the molecule is Cc1nnc2n1C[C@@H](NCc1ccc(-c3ccc(Cl)cc3)o1)CC2. The minimum absolute atomic E-state index is 0.413.